The lowest BCUT2D eigenvalue weighted by Crippen LogP contribution is -2.21. The zero-order chi connectivity index (χ0) is 11.1. The van der Waals surface area contributed by atoms with Gasteiger partial charge in [-0.2, -0.15) is 0 Å². The van der Waals surface area contributed by atoms with Crippen LogP contribution in [-0.4, -0.2) is 11.7 Å². The Balaban J connectivity index is 2.33. The molecule has 0 spiro atoms. The van der Waals surface area contributed by atoms with Crippen molar-refractivity contribution in [2.45, 2.75) is 51.9 Å². The maximum absolute atomic E-state index is 13.0. The molecule has 1 aliphatic rings. The van der Waals surface area contributed by atoms with Crippen LogP contribution in [0.4, 0.5) is 4.39 Å². The summed E-state index contributed by atoms with van der Waals surface area (Å²) in [4.78, 5) is 0. The molecule has 0 aromatic carbocycles. The van der Waals surface area contributed by atoms with Gasteiger partial charge in [-0.3, -0.25) is 0 Å². The molecule has 0 radical (unpaired) electrons. The summed E-state index contributed by atoms with van der Waals surface area (Å²) < 4.78 is 13.0. The van der Waals surface area contributed by atoms with Crippen LogP contribution < -0.4 is 0 Å². The Labute approximate surface area is 92.4 Å². The number of allylic oxidation sites excluding steroid dienone is 2. The minimum atomic E-state index is -0.0377. The van der Waals surface area contributed by atoms with Crippen molar-refractivity contribution in [3.05, 3.63) is 11.9 Å². The highest BCUT2D eigenvalue weighted by atomic mass is 19.1. The maximum atomic E-state index is 13.0. The van der Waals surface area contributed by atoms with Crippen LogP contribution >= 0.6 is 0 Å². The van der Waals surface area contributed by atoms with Crippen LogP contribution in [0.2, 0.25) is 0 Å². The van der Waals surface area contributed by atoms with Gasteiger partial charge in [0.15, 0.2) is 0 Å². The van der Waals surface area contributed by atoms with Crippen LogP contribution in [0.5, 0.6) is 0 Å². The van der Waals surface area contributed by atoms with Gasteiger partial charge in [-0.25, -0.2) is 4.39 Å². The smallest absolute Gasteiger partial charge is 0.0957 e. The first-order chi connectivity index (χ1) is 7.27. The van der Waals surface area contributed by atoms with Crippen LogP contribution in [0.3, 0.4) is 0 Å². The molecule has 0 aliphatic heterocycles. The van der Waals surface area contributed by atoms with Crippen molar-refractivity contribution in [2.75, 3.05) is 6.61 Å². The SMILES string of the molecule is CC=C(F)CCC(CO)C1CCCCC1. The molecule has 0 amide bonds. The summed E-state index contributed by atoms with van der Waals surface area (Å²) >= 11 is 0. The zero-order valence-corrected chi connectivity index (χ0v) is 9.71. The minimum absolute atomic E-state index is 0.0377. The zero-order valence-electron chi connectivity index (χ0n) is 9.71. The third-order valence-corrected chi connectivity index (χ3v) is 3.62. The quantitative estimate of drug-likeness (QED) is 0.737. The molecule has 1 atom stereocenters. The molecule has 1 fully saturated rings. The van der Waals surface area contributed by atoms with Gasteiger partial charge in [-0.05, 0) is 31.6 Å². The van der Waals surface area contributed by atoms with Crippen molar-refractivity contribution < 1.29 is 9.50 Å². The fourth-order valence-corrected chi connectivity index (χ4v) is 2.55. The van der Waals surface area contributed by atoms with E-state index in [1.165, 1.54) is 38.2 Å². The van der Waals surface area contributed by atoms with Gasteiger partial charge in [0.1, 0.15) is 0 Å². The predicted molar refractivity (Wildman–Crippen MR) is 61.2 cm³/mol. The van der Waals surface area contributed by atoms with Crippen molar-refractivity contribution in [1.29, 1.82) is 0 Å². The van der Waals surface area contributed by atoms with Gasteiger partial charge < -0.3 is 5.11 Å². The van der Waals surface area contributed by atoms with Crippen molar-refractivity contribution >= 4 is 0 Å². The van der Waals surface area contributed by atoms with Crippen molar-refractivity contribution in [3.8, 4) is 0 Å². The highest BCUT2D eigenvalue weighted by Gasteiger charge is 2.22. The van der Waals surface area contributed by atoms with Crippen molar-refractivity contribution in [2.24, 2.45) is 11.8 Å². The average Bonchev–Trinajstić information content (AvgIpc) is 2.31. The van der Waals surface area contributed by atoms with E-state index < -0.39 is 0 Å². The summed E-state index contributed by atoms with van der Waals surface area (Å²) in [6.07, 6.45) is 9.18. The van der Waals surface area contributed by atoms with Gasteiger partial charge in [0.25, 0.3) is 0 Å². The number of aliphatic hydroxyl groups excluding tert-OH is 1. The lowest BCUT2D eigenvalue weighted by atomic mass is 9.78. The number of halogens is 1. The Bertz CT molecular complexity index is 195. The Kier molecular flexibility index (Phi) is 5.92. The lowest BCUT2D eigenvalue weighted by molar-refractivity contribution is 0.138. The topological polar surface area (TPSA) is 20.2 Å². The van der Waals surface area contributed by atoms with Crippen LogP contribution in [-0.2, 0) is 0 Å². The number of rotatable bonds is 5. The summed E-state index contributed by atoms with van der Waals surface area (Å²) in [5.74, 6) is 0.911. The van der Waals surface area contributed by atoms with Crippen molar-refractivity contribution in [1.82, 2.24) is 0 Å². The fraction of sp³-hybridized carbons (Fsp3) is 0.846. The molecule has 1 nitrogen and oxygen atoms in total. The Hall–Kier alpha value is -0.370. The number of aliphatic hydroxyl groups is 1. The molecule has 0 aromatic rings. The number of hydrogen-bond donors (Lipinski definition) is 1. The average molecular weight is 214 g/mol. The molecule has 0 saturated heterocycles. The fourth-order valence-electron chi connectivity index (χ4n) is 2.55. The van der Waals surface area contributed by atoms with Crippen LogP contribution in [0.25, 0.3) is 0 Å². The largest absolute Gasteiger partial charge is 0.396 e. The molecule has 1 N–H and O–H groups in total. The van der Waals surface area contributed by atoms with Gasteiger partial charge in [-0.1, -0.05) is 38.2 Å². The molecular formula is C13H23FO. The van der Waals surface area contributed by atoms with E-state index in [0.29, 0.717) is 18.3 Å². The molecule has 15 heavy (non-hydrogen) atoms. The van der Waals surface area contributed by atoms with E-state index in [4.69, 9.17) is 0 Å². The van der Waals surface area contributed by atoms with Crippen LogP contribution in [0.15, 0.2) is 11.9 Å². The minimum Gasteiger partial charge on any atom is -0.396 e. The molecule has 1 saturated carbocycles. The van der Waals surface area contributed by atoms with Crippen molar-refractivity contribution in [3.63, 3.8) is 0 Å². The predicted octanol–water partition coefficient (Wildman–Crippen LogP) is 3.83. The molecule has 0 heterocycles. The van der Waals surface area contributed by atoms with Gasteiger partial charge in [0.2, 0.25) is 0 Å². The highest BCUT2D eigenvalue weighted by Crippen LogP contribution is 2.32. The normalized spacial score (nSPS) is 21.7. The second-order valence-electron chi connectivity index (χ2n) is 4.61. The molecule has 2 heteroatoms. The Morgan fingerprint density at radius 1 is 1.40 bits per heavy atom. The summed E-state index contributed by atoms with van der Waals surface area (Å²) in [5, 5.41) is 9.32. The van der Waals surface area contributed by atoms with E-state index in [1.807, 2.05) is 0 Å². The van der Waals surface area contributed by atoms with E-state index >= 15 is 0 Å². The van der Waals surface area contributed by atoms with Gasteiger partial charge in [-0.15, -0.1) is 0 Å². The summed E-state index contributed by atoms with van der Waals surface area (Å²) in [5.41, 5.74) is 0. The van der Waals surface area contributed by atoms with Crippen LogP contribution in [0.1, 0.15) is 51.9 Å². The Morgan fingerprint density at radius 2 is 2.07 bits per heavy atom. The van der Waals surface area contributed by atoms with E-state index in [9.17, 15) is 9.50 Å². The lowest BCUT2D eigenvalue weighted by Gasteiger charge is -2.28. The first-order valence-electron chi connectivity index (χ1n) is 6.19. The maximum Gasteiger partial charge on any atom is 0.0957 e. The third-order valence-electron chi connectivity index (χ3n) is 3.62. The second-order valence-corrected chi connectivity index (χ2v) is 4.61. The molecule has 1 rings (SSSR count). The summed E-state index contributed by atoms with van der Waals surface area (Å²) in [6.45, 7) is 1.95. The molecule has 0 aromatic heterocycles. The van der Waals surface area contributed by atoms with Gasteiger partial charge >= 0.3 is 0 Å². The number of hydrogen-bond acceptors (Lipinski definition) is 1. The van der Waals surface area contributed by atoms with E-state index in [-0.39, 0.29) is 12.4 Å². The molecular weight excluding hydrogens is 191 g/mol. The van der Waals surface area contributed by atoms with Gasteiger partial charge in [0, 0.05) is 6.61 Å². The second kappa shape index (κ2) is 7.00. The summed E-state index contributed by atoms with van der Waals surface area (Å²) in [6, 6.07) is 0. The first kappa shape index (κ1) is 12.7. The molecule has 0 bridgehead atoms. The van der Waals surface area contributed by atoms with E-state index in [0.717, 1.165) is 6.42 Å². The van der Waals surface area contributed by atoms with Crippen LogP contribution in [0, 0.1) is 11.8 Å². The molecule has 1 unspecified atom stereocenters. The van der Waals surface area contributed by atoms with Gasteiger partial charge in [0.05, 0.1) is 5.83 Å². The third kappa shape index (κ3) is 4.33. The monoisotopic (exact) mass is 214 g/mol. The first-order valence-corrected chi connectivity index (χ1v) is 6.19. The van der Waals surface area contributed by atoms with E-state index in [2.05, 4.69) is 0 Å². The highest BCUT2D eigenvalue weighted by molar-refractivity contribution is 4.89. The molecule has 88 valence electrons. The summed E-state index contributed by atoms with van der Waals surface area (Å²) in [7, 11) is 0. The van der Waals surface area contributed by atoms with E-state index in [1.54, 1.807) is 6.92 Å². The Morgan fingerprint density at radius 3 is 2.60 bits per heavy atom. The molecule has 1 aliphatic carbocycles. The standard InChI is InChI=1S/C13H23FO/c1-2-13(14)9-8-12(10-15)11-6-4-3-5-7-11/h2,11-12,15H,3-10H2,1H3.